The van der Waals surface area contributed by atoms with Crippen LogP contribution in [0.15, 0.2) is 52.9 Å². The van der Waals surface area contributed by atoms with Crippen molar-refractivity contribution in [2.45, 2.75) is 32.9 Å². The summed E-state index contributed by atoms with van der Waals surface area (Å²) in [5, 5.41) is 8.81. The topological polar surface area (TPSA) is 68.5 Å². The smallest absolute Gasteiger partial charge is 0.247 e. The van der Waals surface area contributed by atoms with Crippen molar-refractivity contribution in [3.63, 3.8) is 0 Å². The number of methoxy groups -OCH3 is 1. The number of halogens is 1. The van der Waals surface area contributed by atoms with Crippen molar-refractivity contribution in [2.24, 2.45) is 0 Å². The highest BCUT2D eigenvalue weighted by atomic mass is 35.5. The highest BCUT2D eigenvalue weighted by molar-refractivity contribution is 6.30. The number of aromatic nitrogens is 2. The minimum atomic E-state index is -0.00795. The van der Waals surface area contributed by atoms with E-state index in [1.807, 2.05) is 50.2 Å². The van der Waals surface area contributed by atoms with Crippen molar-refractivity contribution in [1.29, 1.82) is 0 Å². The second-order valence-electron chi connectivity index (χ2n) is 6.65. The first-order valence-electron chi connectivity index (χ1n) is 8.97. The molecule has 1 heterocycles. The van der Waals surface area contributed by atoms with Crippen LogP contribution in [0.5, 0.6) is 5.75 Å². The lowest BCUT2D eigenvalue weighted by atomic mass is 10.1. The Morgan fingerprint density at radius 3 is 2.39 bits per heavy atom. The first-order chi connectivity index (χ1) is 13.5. The molecule has 2 aromatic carbocycles. The maximum atomic E-state index is 12.8. The molecular weight excluding hydrogens is 378 g/mol. The van der Waals surface area contributed by atoms with Gasteiger partial charge in [0.2, 0.25) is 17.7 Å². The summed E-state index contributed by atoms with van der Waals surface area (Å²) in [6, 6.07) is 14.6. The Hall–Kier alpha value is -2.86. The molecule has 0 saturated carbocycles. The number of amides is 1. The number of ether oxygens (including phenoxy) is 1. The molecule has 3 aromatic rings. The van der Waals surface area contributed by atoms with E-state index < -0.39 is 0 Å². The standard InChI is InChI=1S/C21H22ClN3O3/c1-14(2)25(20(26)12-15-4-10-18(27-3)11-5-15)13-19-23-24-21(28-19)16-6-8-17(22)9-7-16/h4-11,14H,12-13H2,1-3H3. The Balaban J connectivity index is 1.70. The van der Waals surface area contributed by atoms with Crippen LogP contribution in [0, 0.1) is 0 Å². The second kappa shape index (κ2) is 8.89. The van der Waals surface area contributed by atoms with Gasteiger partial charge in [0.05, 0.1) is 20.1 Å². The van der Waals surface area contributed by atoms with E-state index in [4.69, 9.17) is 20.8 Å². The van der Waals surface area contributed by atoms with E-state index in [2.05, 4.69) is 10.2 Å². The number of nitrogens with zero attached hydrogens (tertiary/aromatic N) is 3. The Morgan fingerprint density at radius 1 is 1.11 bits per heavy atom. The molecule has 0 N–H and O–H groups in total. The lowest BCUT2D eigenvalue weighted by molar-refractivity contribution is -0.133. The van der Waals surface area contributed by atoms with Crippen molar-refractivity contribution in [3.8, 4) is 17.2 Å². The van der Waals surface area contributed by atoms with Gasteiger partial charge in [0, 0.05) is 16.6 Å². The predicted molar refractivity (Wildman–Crippen MR) is 107 cm³/mol. The van der Waals surface area contributed by atoms with E-state index in [1.165, 1.54) is 0 Å². The van der Waals surface area contributed by atoms with E-state index in [0.717, 1.165) is 16.9 Å². The maximum Gasteiger partial charge on any atom is 0.247 e. The van der Waals surface area contributed by atoms with Gasteiger partial charge in [-0.25, -0.2) is 0 Å². The van der Waals surface area contributed by atoms with Crippen LogP contribution in [0.3, 0.4) is 0 Å². The maximum absolute atomic E-state index is 12.8. The molecule has 7 heteroatoms. The molecule has 0 atom stereocenters. The van der Waals surface area contributed by atoms with Gasteiger partial charge < -0.3 is 14.1 Å². The van der Waals surface area contributed by atoms with Crippen LogP contribution >= 0.6 is 11.6 Å². The average molecular weight is 400 g/mol. The molecule has 146 valence electrons. The lowest BCUT2D eigenvalue weighted by Gasteiger charge is -2.25. The molecule has 0 aliphatic carbocycles. The molecule has 0 fully saturated rings. The van der Waals surface area contributed by atoms with Gasteiger partial charge in [-0.15, -0.1) is 10.2 Å². The first-order valence-corrected chi connectivity index (χ1v) is 9.35. The number of hydrogen-bond donors (Lipinski definition) is 0. The fourth-order valence-electron chi connectivity index (χ4n) is 2.75. The third-order valence-corrected chi connectivity index (χ3v) is 4.57. The van der Waals surface area contributed by atoms with E-state index in [0.29, 0.717) is 23.2 Å². The monoisotopic (exact) mass is 399 g/mol. The third kappa shape index (κ3) is 4.89. The summed E-state index contributed by atoms with van der Waals surface area (Å²) in [6.45, 7) is 4.18. The van der Waals surface area contributed by atoms with Gasteiger partial charge in [-0.3, -0.25) is 4.79 Å². The van der Waals surface area contributed by atoms with Gasteiger partial charge in [-0.1, -0.05) is 23.7 Å². The molecule has 1 aromatic heterocycles. The van der Waals surface area contributed by atoms with E-state index in [-0.39, 0.29) is 18.5 Å². The molecule has 6 nitrogen and oxygen atoms in total. The minimum absolute atomic E-state index is 0.00312. The van der Waals surface area contributed by atoms with Crippen molar-refractivity contribution in [2.75, 3.05) is 7.11 Å². The van der Waals surface area contributed by atoms with Crippen LogP contribution in [0.25, 0.3) is 11.5 Å². The van der Waals surface area contributed by atoms with Crippen molar-refractivity contribution in [3.05, 3.63) is 65.0 Å². The number of benzene rings is 2. The molecule has 0 spiro atoms. The largest absolute Gasteiger partial charge is 0.497 e. The first kappa shape index (κ1) is 19.9. The van der Waals surface area contributed by atoms with Crippen LogP contribution in [0.2, 0.25) is 5.02 Å². The predicted octanol–water partition coefficient (Wildman–Crippen LogP) is 4.38. The molecule has 3 rings (SSSR count). The fourth-order valence-corrected chi connectivity index (χ4v) is 2.88. The van der Waals surface area contributed by atoms with Gasteiger partial charge in [0.25, 0.3) is 0 Å². The number of carbonyl (C=O) groups excluding carboxylic acids is 1. The Bertz CT molecular complexity index is 921. The van der Waals surface area contributed by atoms with Gasteiger partial charge >= 0.3 is 0 Å². The van der Waals surface area contributed by atoms with E-state index in [1.54, 1.807) is 24.1 Å². The summed E-state index contributed by atoms with van der Waals surface area (Å²) >= 11 is 5.91. The van der Waals surface area contributed by atoms with Gasteiger partial charge in [0.1, 0.15) is 5.75 Å². The highest BCUT2D eigenvalue weighted by Gasteiger charge is 2.21. The molecule has 0 unspecified atom stereocenters. The molecular formula is C21H22ClN3O3. The number of carbonyl (C=O) groups is 1. The zero-order valence-electron chi connectivity index (χ0n) is 16.1. The fraction of sp³-hybridized carbons (Fsp3) is 0.286. The Kier molecular flexibility index (Phi) is 6.31. The lowest BCUT2D eigenvalue weighted by Crippen LogP contribution is -2.37. The van der Waals surface area contributed by atoms with Crippen molar-refractivity contribution in [1.82, 2.24) is 15.1 Å². The SMILES string of the molecule is COc1ccc(CC(=O)N(Cc2nnc(-c3ccc(Cl)cc3)o2)C(C)C)cc1. The van der Waals surface area contributed by atoms with Crippen LogP contribution in [-0.4, -0.2) is 34.2 Å². The number of hydrogen-bond acceptors (Lipinski definition) is 5. The molecule has 0 saturated heterocycles. The molecule has 0 aliphatic heterocycles. The van der Waals surface area contributed by atoms with E-state index >= 15 is 0 Å². The summed E-state index contributed by atoms with van der Waals surface area (Å²) in [4.78, 5) is 14.5. The molecule has 0 aliphatic rings. The normalized spacial score (nSPS) is 10.9. The van der Waals surface area contributed by atoms with Crippen molar-refractivity contribution < 1.29 is 13.9 Å². The summed E-state index contributed by atoms with van der Waals surface area (Å²) in [7, 11) is 1.61. The van der Waals surface area contributed by atoms with E-state index in [9.17, 15) is 4.79 Å². The minimum Gasteiger partial charge on any atom is -0.497 e. The summed E-state index contributed by atoms with van der Waals surface area (Å²) in [6.07, 6.45) is 0.292. The van der Waals surface area contributed by atoms with Crippen LogP contribution in [0.1, 0.15) is 25.3 Å². The summed E-state index contributed by atoms with van der Waals surface area (Å²) in [5.41, 5.74) is 1.70. The Morgan fingerprint density at radius 2 is 1.79 bits per heavy atom. The van der Waals surface area contributed by atoms with Crippen molar-refractivity contribution >= 4 is 17.5 Å². The quantitative estimate of drug-likeness (QED) is 0.589. The molecule has 1 amide bonds. The summed E-state index contributed by atoms with van der Waals surface area (Å²) in [5.74, 6) is 1.55. The zero-order valence-corrected chi connectivity index (χ0v) is 16.8. The van der Waals surface area contributed by atoms with Crippen LogP contribution in [-0.2, 0) is 17.8 Å². The van der Waals surface area contributed by atoms with Gasteiger partial charge in [-0.2, -0.15) is 0 Å². The van der Waals surface area contributed by atoms with Crippen LogP contribution < -0.4 is 4.74 Å². The third-order valence-electron chi connectivity index (χ3n) is 4.32. The van der Waals surface area contributed by atoms with Gasteiger partial charge in [-0.05, 0) is 55.8 Å². The van der Waals surface area contributed by atoms with Crippen LogP contribution in [0.4, 0.5) is 0 Å². The number of rotatable bonds is 7. The Labute approximate surface area is 169 Å². The highest BCUT2D eigenvalue weighted by Crippen LogP contribution is 2.21. The molecule has 28 heavy (non-hydrogen) atoms. The second-order valence-corrected chi connectivity index (χ2v) is 7.08. The molecule has 0 bridgehead atoms. The van der Waals surface area contributed by atoms with Gasteiger partial charge in [0.15, 0.2) is 0 Å². The average Bonchev–Trinajstić information content (AvgIpc) is 3.15. The zero-order chi connectivity index (χ0) is 20.1. The summed E-state index contributed by atoms with van der Waals surface area (Å²) < 4.78 is 10.9. The molecule has 0 radical (unpaired) electrons.